The van der Waals surface area contributed by atoms with E-state index in [2.05, 4.69) is 0 Å². The predicted octanol–water partition coefficient (Wildman–Crippen LogP) is 4.81. The lowest BCUT2D eigenvalue weighted by Crippen LogP contribution is -2.25. The van der Waals surface area contributed by atoms with Gasteiger partial charge in [0.25, 0.3) is 11.4 Å². The van der Waals surface area contributed by atoms with Crippen LogP contribution in [0.1, 0.15) is 34.3 Å². The normalized spacial score (nSPS) is 10.8. The van der Waals surface area contributed by atoms with Crippen LogP contribution in [0.25, 0.3) is 10.9 Å². The minimum absolute atomic E-state index is 0.0295. The fraction of sp³-hybridized carbons (Fsp3) is 0.148. The van der Waals surface area contributed by atoms with Crippen molar-refractivity contribution in [3.05, 3.63) is 126 Å². The van der Waals surface area contributed by atoms with E-state index in [1.54, 1.807) is 19.1 Å². The number of pyridine rings is 1. The topological polar surface area (TPSA) is 161 Å². The molecule has 0 fully saturated rings. The summed E-state index contributed by atoms with van der Waals surface area (Å²) in [6.07, 6.45) is 0.170. The number of rotatable bonds is 8. The Hall–Kier alpha value is -5.39. The van der Waals surface area contributed by atoms with Crippen LogP contribution in [-0.2, 0) is 9.47 Å². The van der Waals surface area contributed by atoms with Crippen molar-refractivity contribution in [2.45, 2.75) is 12.8 Å². The molecule has 1 heterocycles. The Labute approximate surface area is 220 Å². The Morgan fingerprint density at radius 3 is 1.90 bits per heavy atom. The van der Waals surface area contributed by atoms with E-state index >= 15 is 0 Å². The van der Waals surface area contributed by atoms with E-state index in [0.29, 0.717) is 11.1 Å². The highest BCUT2D eigenvalue weighted by atomic mass is 16.6. The molecular formula is C27H21N3O9. The van der Waals surface area contributed by atoms with Gasteiger partial charge >= 0.3 is 12.1 Å². The summed E-state index contributed by atoms with van der Waals surface area (Å²) in [4.78, 5) is 59.6. The van der Waals surface area contributed by atoms with Crippen LogP contribution in [0.3, 0.4) is 0 Å². The number of esters is 1. The van der Waals surface area contributed by atoms with Gasteiger partial charge in [-0.2, -0.15) is 0 Å². The minimum atomic E-state index is -0.898. The molecule has 0 radical (unpaired) electrons. The molecule has 12 heteroatoms. The van der Waals surface area contributed by atoms with Crippen LogP contribution in [0.5, 0.6) is 0 Å². The van der Waals surface area contributed by atoms with Gasteiger partial charge in [-0.1, -0.05) is 36.4 Å². The summed E-state index contributed by atoms with van der Waals surface area (Å²) in [7, 11) is 0. The Morgan fingerprint density at radius 1 is 0.846 bits per heavy atom. The Balaban J connectivity index is 1.70. The highest BCUT2D eigenvalue weighted by molar-refractivity contribution is 5.96. The number of non-ortho nitro benzene ring substituents is 2. The SMILES string of the molecule is CCOC(=O)c1cn(C(=O)OCC(c2ccc([N+](=O)[O-])cc2)c2ccc([N+](=O)[O-])cc2)c2ccccc2c1=O. The highest BCUT2D eigenvalue weighted by Crippen LogP contribution is 2.28. The van der Waals surface area contributed by atoms with E-state index in [4.69, 9.17) is 9.47 Å². The molecule has 0 aliphatic carbocycles. The summed E-state index contributed by atoms with van der Waals surface area (Å²) in [5.41, 5.74) is 0.118. The average molecular weight is 531 g/mol. The smallest absolute Gasteiger partial charge is 0.418 e. The number of nitro benzene ring substituents is 2. The van der Waals surface area contributed by atoms with Gasteiger partial charge in [-0.05, 0) is 30.2 Å². The second-order valence-electron chi connectivity index (χ2n) is 8.31. The fourth-order valence-corrected chi connectivity index (χ4v) is 4.05. The van der Waals surface area contributed by atoms with Crippen LogP contribution >= 0.6 is 0 Å². The molecule has 0 aliphatic rings. The third-order valence-electron chi connectivity index (χ3n) is 5.99. The predicted molar refractivity (Wildman–Crippen MR) is 139 cm³/mol. The maximum absolute atomic E-state index is 13.3. The summed E-state index contributed by atoms with van der Waals surface area (Å²) < 4.78 is 11.6. The van der Waals surface area contributed by atoms with Crippen molar-refractivity contribution in [2.24, 2.45) is 0 Å². The number of fused-ring (bicyclic) bond motifs is 1. The number of benzene rings is 3. The number of para-hydroxylation sites is 1. The number of hydrogen-bond donors (Lipinski definition) is 0. The van der Waals surface area contributed by atoms with Crippen molar-refractivity contribution in [3.8, 4) is 0 Å². The Bertz CT molecular complexity index is 1570. The standard InChI is InChI=1S/C27H21N3O9/c1-2-38-26(32)22-15-28(24-6-4-3-5-21(24)25(22)31)27(33)39-16-23(17-7-11-19(12-8-17)29(34)35)18-9-13-20(14-10-18)30(36)37/h3-15,23H,2,16H2,1H3. The van der Waals surface area contributed by atoms with Crippen LogP contribution in [0.15, 0.2) is 83.8 Å². The monoisotopic (exact) mass is 531 g/mol. The molecule has 0 saturated heterocycles. The third-order valence-corrected chi connectivity index (χ3v) is 5.99. The molecule has 4 rings (SSSR count). The van der Waals surface area contributed by atoms with Gasteiger partial charge in [0.05, 0.1) is 22.0 Å². The lowest BCUT2D eigenvalue weighted by molar-refractivity contribution is -0.385. The van der Waals surface area contributed by atoms with E-state index in [0.717, 1.165) is 10.8 Å². The van der Waals surface area contributed by atoms with Gasteiger partial charge in [-0.25, -0.2) is 9.59 Å². The second-order valence-corrected chi connectivity index (χ2v) is 8.31. The number of hydrogen-bond acceptors (Lipinski definition) is 9. The molecule has 12 nitrogen and oxygen atoms in total. The van der Waals surface area contributed by atoms with Crippen LogP contribution < -0.4 is 5.43 Å². The molecule has 0 unspecified atom stereocenters. The number of ether oxygens (including phenoxy) is 2. The van der Waals surface area contributed by atoms with Crippen LogP contribution in [0.2, 0.25) is 0 Å². The van der Waals surface area contributed by atoms with Crippen molar-refractivity contribution in [2.75, 3.05) is 13.2 Å². The van der Waals surface area contributed by atoms with Crippen molar-refractivity contribution in [1.29, 1.82) is 0 Å². The Kier molecular flexibility index (Phi) is 7.75. The van der Waals surface area contributed by atoms with Gasteiger partial charge in [0, 0.05) is 41.8 Å². The molecule has 39 heavy (non-hydrogen) atoms. The van der Waals surface area contributed by atoms with Gasteiger partial charge < -0.3 is 9.47 Å². The van der Waals surface area contributed by atoms with E-state index in [1.807, 2.05) is 0 Å². The van der Waals surface area contributed by atoms with Gasteiger partial charge in [0.1, 0.15) is 12.2 Å². The molecular weight excluding hydrogens is 510 g/mol. The first-order chi connectivity index (χ1) is 18.7. The third kappa shape index (κ3) is 5.64. The molecule has 0 amide bonds. The fourth-order valence-electron chi connectivity index (χ4n) is 4.05. The summed E-state index contributed by atoms with van der Waals surface area (Å²) in [6.45, 7) is 1.35. The summed E-state index contributed by atoms with van der Waals surface area (Å²) in [5, 5.41) is 22.3. The molecule has 198 valence electrons. The van der Waals surface area contributed by atoms with Gasteiger partial charge in [-0.3, -0.25) is 29.6 Å². The zero-order valence-corrected chi connectivity index (χ0v) is 20.5. The molecule has 0 spiro atoms. The Morgan fingerprint density at radius 2 is 1.38 bits per heavy atom. The van der Waals surface area contributed by atoms with Crippen molar-refractivity contribution in [3.63, 3.8) is 0 Å². The second kappa shape index (κ2) is 11.3. The highest BCUT2D eigenvalue weighted by Gasteiger charge is 2.23. The van der Waals surface area contributed by atoms with Crippen molar-refractivity contribution in [1.82, 2.24) is 4.57 Å². The molecule has 0 N–H and O–H groups in total. The summed E-state index contributed by atoms with van der Waals surface area (Å²) in [5.74, 6) is -1.53. The molecule has 0 saturated carbocycles. The molecule has 0 atom stereocenters. The summed E-state index contributed by atoms with van der Waals surface area (Å²) in [6, 6.07) is 17.4. The molecule has 0 bridgehead atoms. The van der Waals surface area contributed by atoms with Crippen molar-refractivity contribution < 1.29 is 28.9 Å². The number of carbonyl (C=O) groups is 2. The maximum atomic E-state index is 13.3. The average Bonchev–Trinajstić information content (AvgIpc) is 2.94. The lowest BCUT2D eigenvalue weighted by Gasteiger charge is -2.19. The quantitative estimate of drug-likeness (QED) is 0.176. The summed E-state index contributed by atoms with van der Waals surface area (Å²) >= 11 is 0. The number of aromatic nitrogens is 1. The lowest BCUT2D eigenvalue weighted by atomic mass is 9.92. The van der Waals surface area contributed by atoms with Crippen LogP contribution in [0, 0.1) is 20.2 Å². The first kappa shape index (κ1) is 26.7. The molecule has 3 aromatic carbocycles. The van der Waals surface area contributed by atoms with Crippen molar-refractivity contribution >= 4 is 34.3 Å². The number of nitro groups is 2. The molecule has 0 aliphatic heterocycles. The van der Waals surface area contributed by atoms with E-state index < -0.39 is 33.3 Å². The van der Waals surface area contributed by atoms with Crippen LogP contribution in [0.4, 0.5) is 16.2 Å². The zero-order chi connectivity index (χ0) is 28.1. The van der Waals surface area contributed by atoms with E-state index in [9.17, 15) is 34.6 Å². The number of carbonyl (C=O) groups excluding carboxylic acids is 2. The number of nitrogens with zero attached hydrogens (tertiary/aromatic N) is 3. The largest absolute Gasteiger partial charge is 0.462 e. The molecule has 1 aromatic heterocycles. The zero-order valence-electron chi connectivity index (χ0n) is 20.5. The van der Waals surface area contributed by atoms with Gasteiger partial charge in [0.15, 0.2) is 0 Å². The minimum Gasteiger partial charge on any atom is -0.462 e. The van der Waals surface area contributed by atoms with Crippen LogP contribution in [-0.4, -0.2) is 39.7 Å². The van der Waals surface area contributed by atoms with Gasteiger partial charge in [0.2, 0.25) is 5.43 Å². The first-order valence-corrected chi connectivity index (χ1v) is 11.7. The van der Waals surface area contributed by atoms with E-state index in [-0.39, 0.29) is 41.1 Å². The van der Waals surface area contributed by atoms with E-state index in [1.165, 1.54) is 60.7 Å². The maximum Gasteiger partial charge on any atom is 0.418 e. The first-order valence-electron chi connectivity index (χ1n) is 11.7. The van der Waals surface area contributed by atoms with Gasteiger partial charge in [-0.15, -0.1) is 0 Å². The molecule has 4 aromatic rings.